The van der Waals surface area contributed by atoms with Crippen molar-refractivity contribution in [2.75, 3.05) is 74.3 Å². The Morgan fingerprint density at radius 1 is 1.14 bits per heavy atom. The quantitative estimate of drug-likeness (QED) is 0.349. The van der Waals surface area contributed by atoms with Crippen molar-refractivity contribution in [1.82, 2.24) is 9.97 Å². The Kier molecular flexibility index (Phi) is 7.19. The van der Waals surface area contributed by atoms with Gasteiger partial charge in [-0.2, -0.15) is 9.97 Å². The second-order valence-electron chi connectivity index (χ2n) is 8.98. The number of nitrogens with one attached hydrogen (secondary N) is 1. The average molecular weight is 511 g/mol. The average Bonchev–Trinajstić information content (AvgIpc) is 2.92. The van der Waals surface area contributed by atoms with E-state index >= 15 is 0 Å². The SMILES string of the molecule is CCOC(=O)C1=C(C)Nc2nc(N3CCOCC3)nc(N3CCOCC3)c2C1c1cccc([N+](=O)[O-])c1. The minimum absolute atomic E-state index is 0.0581. The first-order valence-corrected chi connectivity index (χ1v) is 12.4. The molecule has 0 bridgehead atoms. The summed E-state index contributed by atoms with van der Waals surface area (Å²) in [6.45, 7) is 8.56. The lowest BCUT2D eigenvalue weighted by Crippen LogP contribution is -2.41. The molecule has 1 aromatic carbocycles. The minimum atomic E-state index is -0.660. The van der Waals surface area contributed by atoms with E-state index in [0.717, 1.165) is 0 Å². The first kappa shape index (κ1) is 24.9. The first-order valence-electron chi connectivity index (χ1n) is 12.4. The second kappa shape index (κ2) is 10.7. The molecule has 4 heterocycles. The summed E-state index contributed by atoms with van der Waals surface area (Å²) in [5, 5.41) is 14.9. The molecule has 2 fully saturated rings. The van der Waals surface area contributed by atoms with Gasteiger partial charge in [0.25, 0.3) is 5.69 Å². The summed E-state index contributed by atoms with van der Waals surface area (Å²) in [7, 11) is 0. The zero-order valence-corrected chi connectivity index (χ0v) is 20.9. The van der Waals surface area contributed by atoms with E-state index in [2.05, 4.69) is 15.1 Å². The Labute approximate surface area is 214 Å². The number of anilines is 3. The highest BCUT2D eigenvalue weighted by atomic mass is 16.6. The number of esters is 1. The predicted molar refractivity (Wildman–Crippen MR) is 136 cm³/mol. The van der Waals surface area contributed by atoms with Crippen LogP contribution in [0.3, 0.4) is 0 Å². The molecule has 5 rings (SSSR count). The molecular weight excluding hydrogens is 480 g/mol. The Hall–Kier alpha value is -3.77. The Morgan fingerprint density at radius 3 is 2.46 bits per heavy atom. The molecule has 0 amide bonds. The normalized spacial score (nSPS) is 19.8. The van der Waals surface area contributed by atoms with Gasteiger partial charge in [-0.1, -0.05) is 12.1 Å². The summed E-state index contributed by atoms with van der Waals surface area (Å²) < 4.78 is 16.5. The molecule has 1 aromatic heterocycles. The summed E-state index contributed by atoms with van der Waals surface area (Å²) in [6.07, 6.45) is 0. The lowest BCUT2D eigenvalue weighted by atomic mass is 9.81. The number of ether oxygens (including phenoxy) is 3. The summed E-state index contributed by atoms with van der Waals surface area (Å²) in [5.41, 5.74) is 2.19. The van der Waals surface area contributed by atoms with E-state index in [1.54, 1.807) is 26.0 Å². The number of non-ortho nitro benzene ring substituents is 1. The molecule has 1 unspecified atom stereocenters. The third-order valence-corrected chi connectivity index (χ3v) is 6.72. The molecule has 3 aliphatic rings. The third kappa shape index (κ3) is 4.94. The van der Waals surface area contributed by atoms with Crippen LogP contribution in [0.4, 0.5) is 23.3 Å². The summed E-state index contributed by atoms with van der Waals surface area (Å²) >= 11 is 0. The van der Waals surface area contributed by atoms with Gasteiger partial charge in [0.1, 0.15) is 11.6 Å². The van der Waals surface area contributed by atoms with E-state index in [0.29, 0.717) is 92.6 Å². The number of morpholine rings is 2. The third-order valence-electron chi connectivity index (χ3n) is 6.72. The maximum absolute atomic E-state index is 13.3. The fraction of sp³-hybridized carbons (Fsp3) is 0.480. The van der Waals surface area contributed by atoms with Crippen LogP contribution in [-0.4, -0.2) is 80.1 Å². The number of fused-ring (bicyclic) bond motifs is 1. The van der Waals surface area contributed by atoms with Gasteiger partial charge >= 0.3 is 5.97 Å². The van der Waals surface area contributed by atoms with E-state index in [4.69, 9.17) is 24.2 Å². The van der Waals surface area contributed by atoms with E-state index in [1.807, 2.05) is 0 Å². The largest absolute Gasteiger partial charge is 0.463 e. The Bertz CT molecular complexity index is 1220. The number of hydrogen-bond acceptors (Lipinski definition) is 11. The first-order chi connectivity index (χ1) is 18.0. The number of nitro benzene ring substituents is 1. The van der Waals surface area contributed by atoms with Crippen LogP contribution in [0.5, 0.6) is 0 Å². The van der Waals surface area contributed by atoms with Crippen LogP contribution in [0, 0.1) is 10.1 Å². The molecule has 12 nitrogen and oxygen atoms in total. The number of aromatic nitrogens is 2. The summed E-state index contributed by atoms with van der Waals surface area (Å²) in [4.78, 5) is 38.6. The van der Waals surface area contributed by atoms with E-state index < -0.39 is 16.8 Å². The highest BCUT2D eigenvalue weighted by Crippen LogP contribution is 2.46. The monoisotopic (exact) mass is 510 g/mol. The van der Waals surface area contributed by atoms with Gasteiger partial charge in [-0.25, -0.2) is 4.79 Å². The van der Waals surface area contributed by atoms with Crippen molar-refractivity contribution in [3.8, 4) is 0 Å². The molecule has 1 N–H and O–H groups in total. The van der Waals surface area contributed by atoms with Gasteiger partial charge in [-0.15, -0.1) is 0 Å². The van der Waals surface area contributed by atoms with Gasteiger partial charge in [-0.3, -0.25) is 10.1 Å². The van der Waals surface area contributed by atoms with Gasteiger partial charge in [0.05, 0.1) is 49.4 Å². The van der Waals surface area contributed by atoms with Crippen LogP contribution in [0.15, 0.2) is 35.5 Å². The van der Waals surface area contributed by atoms with Crippen LogP contribution in [-0.2, 0) is 19.0 Å². The van der Waals surface area contributed by atoms with Crippen LogP contribution < -0.4 is 15.1 Å². The molecule has 12 heteroatoms. The number of hydrogen-bond donors (Lipinski definition) is 1. The number of rotatable bonds is 6. The van der Waals surface area contributed by atoms with Crippen molar-refractivity contribution in [3.63, 3.8) is 0 Å². The maximum Gasteiger partial charge on any atom is 0.336 e. The molecule has 3 aliphatic heterocycles. The van der Waals surface area contributed by atoms with Crippen molar-refractivity contribution in [2.45, 2.75) is 19.8 Å². The van der Waals surface area contributed by atoms with Crippen molar-refractivity contribution in [2.24, 2.45) is 0 Å². The number of carbonyl (C=O) groups excluding carboxylic acids is 1. The topological polar surface area (TPSA) is 132 Å². The van der Waals surface area contributed by atoms with Gasteiger partial charge < -0.3 is 29.3 Å². The molecule has 1 atom stereocenters. The molecule has 2 aromatic rings. The van der Waals surface area contributed by atoms with E-state index in [9.17, 15) is 14.9 Å². The van der Waals surface area contributed by atoms with Crippen molar-refractivity contribution in [1.29, 1.82) is 0 Å². The number of nitrogens with zero attached hydrogens (tertiary/aromatic N) is 5. The lowest BCUT2D eigenvalue weighted by molar-refractivity contribution is -0.384. The van der Waals surface area contributed by atoms with Gasteiger partial charge in [0.2, 0.25) is 5.95 Å². The van der Waals surface area contributed by atoms with Crippen LogP contribution in [0.1, 0.15) is 30.9 Å². The summed E-state index contributed by atoms with van der Waals surface area (Å²) in [5.74, 6) is 0.668. The molecule has 37 heavy (non-hydrogen) atoms. The van der Waals surface area contributed by atoms with Crippen LogP contribution in [0.2, 0.25) is 0 Å². The minimum Gasteiger partial charge on any atom is -0.463 e. The van der Waals surface area contributed by atoms with Gasteiger partial charge in [-0.05, 0) is 19.4 Å². The zero-order valence-electron chi connectivity index (χ0n) is 20.9. The molecule has 2 saturated heterocycles. The Balaban J connectivity index is 1.73. The van der Waals surface area contributed by atoms with E-state index in [-0.39, 0.29) is 12.3 Å². The molecule has 0 saturated carbocycles. The smallest absolute Gasteiger partial charge is 0.336 e. The zero-order chi connectivity index (χ0) is 25.9. The predicted octanol–water partition coefficient (Wildman–Crippen LogP) is 2.45. The number of carbonyl (C=O) groups is 1. The van der Waals surface area contributed by atoms with Gasteiger partial charge in [0.15, 0.2) is 0 Å². The molecular formula is C25H30N6O6. The second-order valence-corrected chi connectivity index (χ2v) is 8.98. The molecule has 196 valence electrons. The fourth-order valence-corrected chi connectivity index (χ4v) is 4.96. The fourth-order valence-electron chi connectivity index (χ4n) is 4.96. The summed E-state index contributed by atoms with van der Waals surface area (Å²) in [6, 6.07) is 6.36. The van der Waals surface area contributed by atoms with Crippen molar-refractivity contribution < 1.29 is 23.9 Å². The van der Waals surface area contributed by atoms with Crippen LogP contribution >= 0.6 is 0 Å². The molecule has 0 aliphatic carbocycles. The number of nitro groups is 1. The van der Waals surface area contributed by atoms with Crippen molar-refractivity contribution >= 4 is 29.2 Å². The maximum atomic E-state index is 13.3. The highest BCUT2D eigenvalue weighted by Gasteiger charge is 2.39. The van der Waals surface area contributed by atoms with Gasteiger partial charge in [0, 0.05) is 49.6 Å². The number of allylic oxidation sites excluding steroid dienone is 1. The number of benzene rings is 1. The highest BCUT2D eigenvalue weighted by molar-refractivity contribution is 5.95. The molecule has 0 radical (unpaired) electrons. The Morgan fingerprint density at radius 2 is 1.81 bits per heavy atom. The van der Waals surface area contributed by atoms with Crippen LogP contribution in [0.25, 0.3) is 0 Å². The standard InChI is InChI=1S/C25H30N6O6/c1-3-37-24(32)19-16(2)26-22-21(20(19)17-5-4-6-18(15-17)31(33)34)23(29-7-11-35-12-8-29)28-25(27-22)30-9-13-36-14-10-30/h4-6,15,20H,3,7-14H2,1-2H3,(H,26,27,28). The van der Waals surface area contributed by atoms with E-state index in [1.165, 1.54) is 12.1 Å². The van der Waals surface area contributed by atoms with Crippen molar-refractivity contribution in [3.05, 3.63) is 56.8 Å². The lowest BCUT2D eigenvalue weighted by Gasteiger charge is -2.37. The molecule has 0 spiro atoms.